The van der Waals surface area contributed by atoms with Crippen LogP contribution in [0.1, 0.15) is 12.8 Å². The predicted molar refractivity (Wildman–Crippen MR) is 32.8 cm³/mol. The van der Waals surface area contributed by atoms with Gasteiger partial charge in [-0.2, -0.15) is 5.26 Å². The van der Waals surface area contributed by atoms with Crippen molar-refractivity contribution in [3.05, 3.63) is 6.54 Å². The highest BCUT2D eigenvalue weighted by molar-refractivity contribution is 4.73. The predicted octanol–water partition coefficient (Wildman–Crippen LogP) is 1.01. The second-order valence-electron chi connectivity index (χ2n) is 1.84. The minimum absolute atomic E-state index is 0.623. The zero-order chi connectivity index (χ0) is 6.41. The van der Waals surface area contributed by atoms with Gasteiger partial charge in [0.05, 0.1) is 6.07 Å². The molecule has 0 aromatic carbocycles. The second-order valence-corrected chi connectivity index (χ2v) is 1.84. The topological polar surface area (TPSA) is 27.0 Å². The Morgan fingerprint density at radius 3 is 2.62 bits per heavy atom. The molecule has 0 aliphatic rings. The third-order valence-corrected chi connectivity index (χ3v) is 0.750. The molecule has 45 valence electrons. The van der Waals surface area contributed by atoms with Crippen molar-refractivity contribution in [1.82, 2.24) is 4.90 Å². The van der Waals surface area contributed by atoms with Crippen LogP contribution in [0.4, 0.5) is 0 Å². The maximum Gasteiger partial charge on any atom is 0.0622 e. The average molecular weight is 111 g/mol. The lowest BCUT2D eigenvalue weighted by atomic mass is 10.3. The molecule has 0 spiro atoms. The molecular formula is C6H11N2. The quantitative estimate of drug-likeness (QED) is 0.508. The van der Waals surface area contributed by atoms with E-state index in [4.69, 9.17) is 5.26 Å². The highest BCUT2D eigenvalue weighted by atomic mass is 15.0. The number of unbranched alkanes of at least 4 members (excludes halogenated alkanes) is 1. The van der Waals surface area contributed by atoms with Crippen molar-refractivity contribution >= 4 is 0 Å². The molecule has 0 N–H and O–H groups in total. The van der Waals surface area contributed by atoms with Crippen molar-refractivity contribution in [1.29, 1.82) is 5.26 Å². The summed E-state index contributed by atoms with van der Waals surface area (Å²) in [6.45, 7) is 1.99. The van der Waals surface area contributed by atoms with Crippen LogP contribution >= 0.6 is 0 Å². The van der Waals surface area contributed by atoms with E-state index in [1.165, 1.54) is 0 Å². The summed E-state index contributed by atoms with van der Waals surface area (Å²) in [5.74, 6) is 0. The first-order valence-electron chi connectivity index (χ1n) is 2.64. The number of rotatable bonds is 3. The fourth-order valence-electron chi connectivity index (χ4n) is 0.387. The van der Waals surface area contributed by atoms with Crippen LogP contribution in [-0.2, 0) is 0 Å². The zero-order valence-electron chi connectivity index (χ0n) is 5.39. The van der Waals surface area contributed by atoms with E-state index in [1.54, 1.807) is 0 Å². The Hall–Kier alpha value is -0.550. The molecule has 2 heteroatoms. The van der Waals surface area contributed by atoms with Crippen molar-refractivity contribution in [2.45, 2.75) is 12.8 Å². The number of hydrogen-bond donors (Lipinski definition) is 0. The molecule has 0 aromatic heterocycles. The highest BCUT2D eigenvalue weighted by Crippen LogP contribution is 1.92. The highest BCUT2D eigenvalue weighted by Gasteiger charge is 1.87. The summed E-state index contributed by atoms with van der Waals surface area (Å²) in [6, 6.07) is 2.07. The van der Waals surface area contributed by atoms with Crippen LogP contribution in [0.3, 0.4) is 0 Å². The van der Waals surface area contributed by atoms with E-state index in [0.29, 0.717) is 6.42 Å². The Morgan fingerprint density at radius 1 is 1.62 bits per heavy atom. The minimum atomic E-state index is 0.623. The monoisotopic (exact) mass is 111 g/mol. The van der Waals surface area contributed by atoms with Gasteiger partial charge in [0.25, 0.3) is 0 Å². The molecule has 0 unspecified atom stereocenters. The van der Waals surface area contributed by atoms with E-state index < -0.39 is 0 Å². The minimum Gasteiger partial charge on any atom is -0.305 e. The number of nitrogens with zero attached hydrogens (tertiary/aromatic N) is 2. The summed E-state index contributed by atoms with van der Waals surface area (Å²) in [5, 5.41) is 8.09. The van der Waals surface area contributed by atoms with Crippen LogP contribution in [0, 0.1) is 17.9 Å². The first-order chi connectivity index (χ1) is 3.77. The molecule has 0 aliphatic carbocycles. The van der Waals surface area contributed by atoms with Gasteiger partial charge < -0.3 is 4.90 Å². The summed E-state index contributed by atoms with van der Waals surface area (Å²) in [7, 11) is 3.91. The van der Waals surface area contributed by atoms with Crippen molar-refractivity contribution < 1.29 is 0 Å². The summed E-state index contributed by atoms with van der Waals surface area (Å²) in [4.78, 5) is 1.96. The van der Waals surface area contributed by atoms with Crippen molar-refractivity contribution in [3.8, 4) is 6.07 Å². The van der Waals surface area contributed by atoms with Crippen molar-refractivity contribution in [3.63, 3.8) is 0 Å². The van der Waals surface area contributed by atoms with Crippen LogP contribution in [0.5, 0.6) is 0 Å². The van der Waals surface area contributed by atoms with Crippen molar-refractivity contribution in [2.75, 3.05) is 14.1 Å². The molecule has 1 radical (unpaired) electrons. The third kappa shape index (κ3) is 5.45. The lowest BCUT2D eigenvalue weighted by Crippen LogP contribution is -2.06. The van der Waals surface area contributed by atoms with Gasteiger partial charge in [-0.25, -0.2) is 0 Å². The average Bonchev–Trinajstić information content (AvgIpc) is 1.66. The maximum absolute atomic E-state index is 8.09. The van der Waals surface area contributed by atoms with Crippen LogP contribution in [0.25, 0.3) is 0 Å². The maximum atomic E-state index is 8.09. The van der Waals surface area contributed by atoms with Crippen LogP contribution in [-0.4, -0.2) is 19.0 Å². The van der Waals surface area contributed by atoms with Gasteiger partial charge in [-0.15, -0.1) is 0 Å². The molecule has 0 aromatic rings. The first-order valence-corrected chi connectivity index (χ1v) is 2.64. The van der Waals surface area contributed by atoms with Gasteiger partial charge in [-0.05, 0) is 20.5 Å². The Bertz CT molecular complexity index is 81.0. The van der Waals surface area contributed by atoms with E-state index in [-0.39, 0.29) is 0 Å². The van der Waals surface area contributed by atoms with Crippen LogP contribution in [0.15, 0.2) is 0 Å². The SMILES string of the molecule is CN(C)[CH]CCC#N. The van der Waals surface area contributed by atoms with E-state index in [9.17, 15) is 0 Å². The fourth-order valence-corrected chi connectivity index (χ4v) is 0.387. The lowest BCUT2D eigenvalue weighted by Gasteiger charge is -2.04. The van der Waals surface area contributed by atoms with Gasteiger partial charge in [0.15, 0.2) is 0 Å². The molecule has 8 heavy (non-hydrogen) atoms. The standard InChI is InChI=1S/C6H11N2/c1-8(2)6-4-3-5-7/h6H,3-4H2,1-2H3. The van der Waals surface area contributed by atoms with Crippen LogP contribution in [0.2, 0.25) is 0 Å². The lowest BCUT2D eigenvalue weighted by molar-refractivity contribution is 0.478. The summed E-state index contributed by atoms with van der Waals surface area (Å²) in [6.07, 6.45) is 1.49. The Labute approximate surface area is 50.7 Å². The van der Waals surface area contributed by atoms with E-state index in [2.05, 4.69) is 6.07 Å². The zero-order valence-corrected chi connectivity index (χ0v) is 5.39. The summed E-state index contributed by atoms with van der Waals surface area (Å²) >= 11 is 0. The van der Waals surface area contributed by atoms with Gasteiger partial charge in [0.1, 0.15) is 0 Å². The molecule has 0 rings (SSSR count). The Balaban J connectivity index is 2.85. The number of nitriles is 1. The van der Waals surface area contributed by atoms with Gasteiger partial charge in [0, 0.05) is 13.0 Å². The summed E-state index contributed by atoms with van der Waals surface area (Å²) < 4.78 is 0. The second kappa shape index (κ2) is 4.61. The first kappa shape index (κ1) is 7.45. The Morgan fingerprint density at radius 2 is 2.25 bits per heavy atom. The van der Waals surface area contributed by atoms with E-state index in [0.717, 1.165) is 6.42 Å². The smallest absolute Gasteiger partial charge is 0.0622 e. The summed E-state index contributed by atoms with van der Waals surface area (Å²) in [5.41, 5.74) is 0. The van der Waals surface area contributed by atoms with Crippen molar-refractivity contribution in [2.24, 2.45) is 0 Å². The molecule has 0 heterocycles. The van der Waals surface area contributed by atoms with Gasteiger partial charge in [-0.3, -0.25) is 0 Å². The molecular weight excluding hydrogens is 100 g/mol. The fraction of sp³-hybridized carbons (Fsp3) is 0.667. The molecule has 0 fully saturated rings. The molecule has 0 amide bonds. The molecule has 0 saturated carbocycles. The largest absolute Gasteiger partial charge is 0.305 e. The van der Waals surface area contributed by atoms with E-state index in [1.807, 2.05) is 25.5 Å². The van der Waals surface area contributed by atoms with Gasteiger partial charge >= 0.3 is 0 Å². The Kier molecular flexibility index (Phi) is 4.29. The van der Waals surface area contributed by atoms with Gasteiger partial charge in [0.2, 0.25) is 0 Å². The molecule has 0 bridgehead atoms. The molecule has 0 saturated heterocycles. The normalized spacial score (nSPS) is 9.25. The number of hydrogen-bond acceptors (Lipinski definition) is 2. The molecule has 0 aliphatic heterocycles. The molecule has 0 atom stereocenters. The third-order valence-electron chi connectivity index (χ3n) is 0.750. The van der Waals surface area contributed by atoms with Gasteiger partial charge in [-0.1, -0.05) is 0 Å². The molecule has 2 nitrogen and oxygen atoms in total. The van der Waals surface area contributed by atoms with E-state index >= 15 is 0 Å². The van der Waals surface area contributed by atoms with Crippen LogP contribution < -0.4 is 0 Å².